The average Bonchev–Trinajstić information content (AvgIpc) is 2.43. The summed E-state index contributed by atoms with van der Waals surface area (Å²) in [5.74, 6) is -0.191. The van der Waals surface area contributed by atoms with Crippen LogP contribution in [0, 0.1) is 5.82 Å². The first-order chi connectivity index (χ1) is 9.56. The lowest BCUT2D eigenvalue weighted by Crippen LogP contribution is -2.48. The first kappa shape index (κ1) is 14.7. The molecule has 0 spiro atoms. The van der Waals surface area contributed by atoms with Crippen LogP contribution in [0.4, 0.5) is 4.39 Å². The molecule has 0 unspecified atom stereocenters. The zero-order valence-electron chi connectivity index (χ0n) is 11.6. The van der Waals surface area contributed by atoms with Crippen LogP contribution >= 0.6 is 0 Å². The quantitative estimate of drug-likeness (QED) is 0.768. The van der Waals surface area contributed by atoms with E-state index in [1.54, 1.807) is 11.9 Å². The lowest BCUT2D eigenvalue weighted by atomic mass is 10.1. The van der Waals surface area contributed by atoms with Crippen molar-refractivity contribution in [3.8, 4) is 0 Å². The van der Waals surface area contributed by atoms with Crippen LogP contribution in [0.25, 0.3) is 0 Å². The van der Waals surface area contributed by atoms with Gasteiger partial charge >= 0.3 is 0 Å². The second-order valence-corrected chi connectivity index (χ2v) is 5.13. The number of nitrogens with zero attached hydrogens (tertiary/aromatic N) is 2. The minimum absolute atomic E-state index is 0.0189. The topological polar surface area (TPSA) is 40.6 Å². The summed E-state index contributed by atoms with van der Waals surface area (Å²) in [6.45, 7) is 2.77. The van der Waals surface area contributed by atoms with Crippen LogP contribution in [0.1, 0.15) is 23.2 Å². The number of ketones is 1. The number of piperazine rings is 1. The van der Waals surface area contributed by atoms with Crippen LogP contribution in [0.2, 0.25) is 0 Å². The molecule has 20 heavy (non-hydrogen) atoms. The highest BCUT2D eigenvalue weighted by Crippen LogP contribution is 2.09. The molecule has 2 rings (SSSR count). The lowest BCUT2D eigenvalue weighted by molar-refractivity contribution is -0.134. The first-order valence-corrected chi connectivity index (χ1v) is 6.81. The van der Waals surface area contributed by atoms with Gasteiger partial charge < -0.3 is 4.90 Å². The molecule has 1 amide bonds. The van der Waals surface area contributed by atoms with Gasteiger partial charge in [0.15, 0.2) is 5.78 Å². The van der Waals surface area contributed by atoms with Crippen molar-refractivity contribution in [3.05, 3.63) is 35.6 Å². The van der Waals surface area contributed by atoms with Crippen molar-refractivity contribution in [1.82, 2.24) is 9.80 Å². The fraction of sp³-hybridized carbons (Fsp3) is 0.467. The van der Waals surface area contributed by atoms with Crippen LogP contribution in [0.3, 0.4) is 0 Å². The molecule has 1 heterocycles. The summed E-state index contributed by atoms with van der Waals surface area (Å²) in [4.78, 5) is 27.2. The largest absolute Gasteiger partial charge is 0.343 e. The van der Waals surface area contributed by atoms with Crippen LogP contribution in [-0.2, 0) is 4.79 Å². The molecule has 0 bridgehead atoms. The SMILES string of the molecule is CN1CCN(CCCC(=O)c2ccc(F)cc2)CC1=O. The minimum atomic E-state index is -0.336. The van der Waals surface area contributed by atoms with Gasteiger partial charge in [-0.25, -0.2) is 4.39 Å². The summed E-state index contributed by atoms with van der Waals surface area (Å²) in [6, 6.07) is 5.62. The maximum atomic E-state index is 12.8. The Morgan fingerprint density at radius 3 is 2.60 bits per heavy atom. The van der Waals surface area contributed by atoms with Crippen LogP contribution in [0.5, 0.6) is 0 Å². The third-order valence-electron chi connectivity index (χ3n) is 3.58. The average molecular weight is 278 g/mol. The molecule has 1 saturated heterocycles. The smallest absolute Gasteiger partial charge is 0.236 e. The summed E-state index contributed by atoms with van der Waals surface area (Å²) in [6.07, 6.45) is 1.14. The molecule has 1 fully saturated rings. The predicted molar refractivity (Wildman–Crippen MR) is 74.0 cm³/mol. The van der Waals surface area contributed by atoms with Gasteiger partial charge in [-0.05, 0) is 37.2 Å². The molecule has 5 heteroatoms. The van der Waals surface area contributed by atoms with Crippen LogP contribution in [-0.4, -0.2) is 54.7 Å². The van der Waals surface area contributed by atoms with Crippen molar-refractivity contribution in [2.75, 3.05) is 33.2 Å². The molecular weight excluding hydrogens is 259 g/mol. The van der Waals surface area contributed by atoms with E-state index in [1.807, 2.05) is 0 Å². The van der Waals surface area contributed by atoms with Crippen LogP contribution in [0.15, 0.2) is 24.3 Å². The zero-order valence-corrected chi connectivity index (χ0v) is 11.6. The van der Waals surface area contributed by atoms with E-state index in [0.29, 0.717) is 24.9 Å². The van der Waals surface area contributed by atoms with Gasteiger partial charge in [-0.3, -0.25) is 14.5 Å². The molecule has 0 N–H and O–H groups in total. The second kappa shape index (κ2) is 6.61. The van der Waals surface area contributed by atoms with Crippen LogP contribution < -0.4 is 0 Å². The van der Waals surface area contributed by atoms with E-state index in [0.717, 1.165) is 19.6 Å². The van der Waals surface area contributed by atoms with Crippen molar-refractivity contribution in [1.29, 1.82) is 0 Å². The van der Waals surface area contributed by atoms with E-state index in [-0.39, 0.29) is 17.5 Å². The number of Topliss-reactive ketones (excluding diaryl/α,β-unsaturated/α-hetero) is 1. The van der Waals surface area contributed by atoms with Crippen molar-refractivity contribution in [3.63, 3.8) is 0 Å². The van der Waals surface area contributed by atoms with Gasteiger partial charge in [0, 0.05) is 32.1 Å². The normalized spacial score (nSPS) is 16.5. The van der Waals surface area contributed by atoms with E-state index < -0.39 is 0 Å². The summed E-state index contributed by atoms with van der Waals surface area (Å²) >= 11 is 0. The fourth-order valence-corrected chi connectivity index (χ4v) is 2.24. The van der Waals surface area contributed by atoms with Crippen molar-refractivity contribution in [2.24, 2.45) is 0 Å². The molecular formula is C15H19FN2O2. The summed E-state index contributed by atoms with van der Waals surface area (Å²) in [7, 11) is 1.80. The highest BCUT2D eigenvalue weighted by Gasteiger charge is 2.20. The second-order valence-electron chi connectivity index (χ2n) is 5.13. The number of halogens is 1. The predicted octanol–water partition coefficient (Wildman–Crippen LogP) is 1.56. The Kier molecular flexibility index (Phi) is 4.84. The lowest BCUT2D eigenvalue weighted by Gasteiger charge is -2.31. The molecule has 1 aromatic rings. The van der Waals surface area contributed by atoms with Gasteiger partial charge in [0.05, 0.1) is 6.54 Å². The standard InChI is InChI=1S/C15H19FN2O2/c1-17-9-10-18(11-15(17)20)8-2-3-14(19)12-4-6-13(16)7-5-12/h4-7H,2-3,8-11H2,1H3. The molecule has 0 atom stereocenters. The number of hydrogen-bond acceptors (Lipinski definition) is 3. The highest BCUT2D eigenvalue weighted by molar-refractivity contribution is 5.95. The number of likely N-dealkylation sites (N-methyl/N-ethyl adjacent to an activating group) is 1. The third kappa shape index (κ3) is 3.87. The fourth-order valence-electron chi connectivity index (χ4n) is 2.24. The zero-order chi connectivity index (χ0) is 14.5. The Morgan fingerprint density at radius 2 is 1.95 bits per heavy atom. The Labute approximate surface area is 118 Å². The van der Waals surface area contributed by atoms with E-state index in [1.165, 1.54) is 24.3 Å². The Morgan fingerprint density at radius 1 is 1.25 bits per heavy atom. The van der Waals surface area contributed by atoms with Crippen molar-refractivity contribution in [2.45, 2.75) is 12.8 Å². The Hall–Kier alpha value is -1.75. The highest BCUT2D eigenvalue weighted by atomic mass is 19.1. The van der Waals surface area contributed by atoms with E-state index in [4.69, 9.17) is 0 Å². The molecule has 4 nitrogen and oxygen atoms in total. The van der Waals surface area contributed by atoms with E-state index in [9.17, 15) is 14.0 Å². The monoisotopic (exact) mass is 278 g/mol. The van der Waals surface area contributed by atoms with Crippen molar-refractivity contribution < 1.29 is 14.0 Å². The number of benzene rings is 1. The number of rotatable bonds is 5. The summed E-state index contributed by atoms with van der Waals surface area (Å²) in [5.41, 5.74) is 0.542. The molecule has 0 aromatic heterocycles. The molecule has 108 valence electrons. The molecule has 1 aliphatic heterocycles. The maximum absolute atomic E-state index is 12.8. The van der Waals surface area contributed by atoms with Gasteiger partial charge in [-0.15, -0.1) is 0 Å². The number of carbonyl (C=O) groups is 2. The van der Waals surface area contributed by atoms with Gasteiger partial charge in [0.1, 0.15) is 5.82 Å². The minimum Gasteiger partial charge on any atom is -0.343 e. The molecule has 1 aliphatic rings. The Bertz CT molecular complexity index is 487. The molecule has 0 saturated carbocycles. The molecule has 0 aliphatic carbocycles. The Balaban J connectivity index is 1.74. The maximum Gasteiger partial charge on any atom is 0.236 e. The molecule has 1 aromatic carbocycles. The molecule has 0 radical (unpaired) electrons. The van der Waals surface area contributed by atoms with Gasteiger partial charge in [0.25, 0.3) is 0 Å². The van der Waals surface area contributed by atoms with Crippen molar-refractivity contribution >= 4 is 11.7 Å². The van der Waals surface area contributed by atoms with E-state index >= 15 is 0 Å². The van der Waals surface area contributed by atoms with Gasteiger partial charge in [-0.2, -0.15) is 0 Å². The summed E-state index contributed by atoms with van der Waals surface area (Å²) in [5, 5.41) is 0. The number of amides is 1. The summed E-state index contributed by atoms with van der Waals surface area (Å²) < 4.78 is 12.8. The van der Waals surface area contributed by atoms with Gasteiger partial charge in [0.2, 0.25) is 5.91 Å². The van der Waals surface area contributed by atoms with E-state index in [2.05, 4.69) is 4.90 Å². The number of carbonyl (C=O) groups excluding carboxylic acids is 2. The van der Waals surface area contributed by atoms with Gasteiger partial charge in [-0.1, -0.05) is 0 Å². The third-order valence-corrected chi connectivity index (χ3v) is 3.58. The number of hydrogen-bond donors (Lipinski definition) is 0. The first-order valence-electron chi connectivity index (χ1n) is 6.81.